The Morgan fingerprint density at radius 1 is 1.41 bits per heavy atom. The van der Waals surface area contributed by atoms with Crippen LogP contribution in [-0.2, 0) is 27.8 Å². The van der Waals surface area contributed by atoms with Gasteiger partial charge >= 0.3 is 0 Å². The molecule has 0 saturated heterocycles. The number of likely N-dealkylation sites (N-methyl/N-ethyl adjacent to an activating group) is 1. The highest BCUT2D eigenvalue weighted by Crippen LogP contribution is 2.21. The molecule has 0 aliphatic heterocycles. The number of sulfonamides is 1. The molecule has 0 fully saturated rings. The number of anilines is 1. The molecule has 1 amide bonds. The van der Waals surface area contributed by atoms with Crippen molar-refractivity contribution >= 4 is 50.3 Å². The van der Waals surface area contributed by atoms with Crippen LogP contribution in [0.5, 0.6) is 0 Å². The lowest BCUT2D eigenvalue weighted by molar-refractivity contribution is -0.128. The Kier molecular flexibility index (Phi) is 7.31. The van der Waals surface area contributed by atoms with Crippen LogP contribution in [0.2, 0.25) is 5.02 Å². The van der Waals surface area contributed by atoms with Crippen LogP contribution in [0.1, 0.15) is 17.0 Å². The van der Waals surface area contributed by atoms with E-state index in [0.717, 1.165) is 22.7 Å². The number of hydrogen-bond donors (Lipinski definition) is 2. The molecule has 1 aromatic carbocycles. The first-order chi connectivity index (χ1) is 12.7. The van der Waals surface area contributed by atoms with Gasteiger partial charge in [0.05, 0.1) is 12.2 Å². The summed E-state index contributed by atoms with van der Waals surface area (Å²) in [6.45, 7) is 0.254. The molecular formula is C16H20ClN5O3S2. The van der Waals surface area contributed by atoms with Gasteiger partial charge in [0.1, 0.15) is 0 Å². The second-order valence-corrected chi connectivity index (χ2v) is 8.70. The molecule has 0 atom stereocenters. The van der Waals surface area contributed by atoms with E-state index in [9.17, 15) is 13.2 Å². The standard InChI is InChI=1S/C16H20ClN5O3S2/c1-22(2)15(23)9-14-19-16(26-20-14)21-27(24,25)8-4-6-11-5-3-7-13(17)12(11)10-18/h3-7H,8-10,18H2,1-2H3,(H,19,20,21). The van der Waals surface area contributed by atoms with E-state index in [1.165, 1.54) is 11.0 Å². The quantitative estimate of drug-likeness (QED) is 0.659. The van der Waals surface area contributed by atoms with Crippen LogP contribution in [0.25, 0.3) is 6.08 Å². The van der Waals surface area contributed by atoms with E-state index < -0.39 is 10.0 Å². The summed E-state index contributed by atoms with van der Waals surface area (Å²) >= 11 is 6.97. The molecule has 27 heavy (non-hydrogen) atoms. The number of nitrogens with zero attached hydrogens (tertiary/aromatic N) is 3. The molecule has 0 aliphatic rings. The maximum atomic E-state index is 12.2. The molecule has 0 radical (unpaired) electrons. The molecule has 0 saturated carbocycles. The van der Waals surface area contributed by atoms with Gasteiger partial charge < -0.3 is 10.6 Å². The van der Waals surface area contributed by atoms with Gasteiger partial charge in [-0.25, -0.2) is 13.4 Å². The number of hydrogen-bond acceptors (Lipinski definition) is 7. The molecule has 0 unspecified atom stereocenters. The van der Waals surface area contributed by atoms with Crippen molar-refractivity contribution in [3.8, 4) is 0 Å². The molecule has 1 aromatic heterocycles. The Bertz CT molecular complexity index is 941. The zero-order valence-electron chi connectivity index (χ0n) is 14.8. The fraction of sp³-hybridized carbons (Fsp3) is 0.312. The van der Waals surface area contributed by atoms with E-state index in [1.807, 2.05) is 6.07 Å². The molecule has 8 nitrogen and oxygen atoms in total. The van der Waals surface area contributed by atoms with Gasteiger partial charge in [0.15, 0.2) is 5.82 Å². The second-order valence-electron chi connectivity index (χ2n) is 5.78. The van der Waals surface area contributed by atoms with E-state index in [1.54, 1.807) is 32.3 Å². The molecule has 0 aliphatic carbocycles. The SMILES string of the molecule is CN(C)C(=O)Cc1nsc(NS(=O)(=O)CC=Cc2cccc(Cl)c2CN)n1. The number of halogens is 1. The average molecular weight is 430 g/mol. The topological polar surface area (TPSA) is 118 Å². The van der Waals surface area contributed by atoms with Crippen molar-refractivity contribution < 1.29 is 13.2 Å². The summed E-state index contributed by atoms with van der Waals surface area (Å²) in [5.41, 5.74) is 7.19. The second kappa shape index (κ2) is 9.27. The fourth-order valence-corrected chi connectivity index (χ4v) is 4.06. The van der Waals surface area contributed by atoms with E-state index in [-0.39, 0.29) is 35.6 Å². The van der Waals surface area contributed by atoms with Gasteiger partial charge in [0, 0.05) is 37.2 Å². The Labute approximate surface area is 167 Å². The lowest BCUT2D eigenvalue weighted by Crippen LogP contribution is -2.24. The van der Waals surface area contributed by atoms with Gasteiger partial charge in [-0.3, -0.25) is 9.52 Å². The first-order valence-corrected chi connectivity index (χ1v) is 10.7. The van der Waals surface area contributed by atoms with E-state index in [4.69, 9.17) is 17.3 Å². The van der Waals surface area contributed by atoms with Crippen molar-refractivity contribution in [1.29, 1.82) is 0 Å². The van der Waals surface area contributed by atoms with Crippen molar-refractivity contribution in [2.24, 2.45) is 5.73 Å². The maximum Gasteiger partial charge on any atom is 0.238 e. The number of nitrogens with one attached hydrogen (secondary N) is 1. The first kappa shape index (κ1) is 21.3. The summed E-state index contributed by atoms with van der Waals surface area (Å²) in [6.07, 6.45) is 3.18. The van der Waals surface area contributed by atoms with Crippen molar-refractivity contribution in [1.82, 2.24) is 14.3 Å². The third-order valence-corrected chi connectivity index (χ3v) is 5.78. The lowest BCUT2D eigenvalue weighted by atomic mass is 10.1. The maximum absolute atomic E-state index is 12.2. The van der Waals surface area contributed by atoms with Crippen LogP contribution < -0.4 is 10.5 Å². The van der Waals surface area contributed by atoms with Gasteiger partial charge in [0.25, 0.3) is 0 Å². The van der Waals surface area contributed by atoms with E-state index in [2.05, 4.69) is 14.1 Å². The normalized spacial score (nSPS) is 11.7. The lowest BCUT2D eigenvalue weighted by Gasteiger charge is -2.07. The van der Waals surface area contributed by atoms with Crippen LogP contribution in [0, 0.1) is 0 Å². The number of aromatic nitrogens is 2. The van der Waals surface area contributed by atoms with Crippen molar-refractivity contribution in [2.45, 2.75) is 13.0 Å². The fourth-order valence-electron chi connectivity index (χ4n) is 2.08. The largest absolute Gasteiger partial charge is 0.348 e. The van der Waals surface area contributed by atoms with Crippen molar-refractivity contribution in [3.05, 3.63) is 46.2 Å². The summed E-state index contributed by atoms with van der Waals surface area (Å²) in [7, 11) is -0.403. The van der Waals surface area contributed by atoms with Gasteiger partial charge in [-0.05, 0) is 17.2 Å². The molecular weight excluding hydrogens is 410 g/mol. The number of benzene rings is 1. The Morgan fingerprint density at radius 2 is 2.15 bits per heavy atom. The predicted molar refractivity (Wildman–Crippen MR) is 108 cm³/mol. The Morgan fingerprint density at radius 3 is 2.81 bits per heavy atom. The minimum atomic E-state index is -3.65. The molecule has 3 N–H and O–H groups in total. The smallest absolute Gasteiger partial charge is 0.238 e. The summed E-state index contributed by atoms with van der Waals surface area (Å²) in [5.74, 6) is -0.143. The number of rotatable bonds is 8. The zero-order chi connectivity index (χ0) is 20.0. The molecule has 0 spiro atoms. The highest BCUT2D eigenvalue weighted by Gasteiger charge is 2.15. The van der Waals surface area contributed by atoms with Crippen LogP contribution in [0.3, 0.4) is 0 Å². The number of carbonyl (C=O) groups is 1. The molecule has 0 bridgehead atoms. The summed E-state index contributed by atoms with van der Waals surface area (Å²) in [6, 6.07) is 5.31. The third kappa shape index (κ3) is 6.28. The molecule has 2 aromatic rings. The zero-order valence-corrected chi connectivity index (χ0v) is 17.2. The van der Waals surface area contributed by atoms with Crippen LogP contribution in [0.4, 0.5) is 5.13 Å². The highest BCUT2D eigenvalue weighted by molar-refractivity contribution is 7.93. The Hall–Kier alpha value is -2.01. The van der Waals surface area contributed by atoms with Gasteiger partial charge in [-0.15, -0.1) is 0 Å². The van der Waals surface area contributed by atoms with Crippen LogP contribution in [0.15, 0.2) is 24.3 Å². The Balaban J connectivity index is 2.01. The van der Waals surface area contributed by atoms with Gasteiger partial charge in [0.2, 0.25) is 21.1 Å². The molecule has 11 heteroatoms. The third-order valence-electron chi connectivity index (χ3n) is 3.49. The average Bonchev–Trinajstić information content (AvgIpc) is 3.00. The summed E-state index contributed by atoms with van der Waals surface area (Å²) < 4.78 is 30.8. The minimum absolute atomic E-state index is 0.0156. The van der Waals surface area contributed by atoms with Crippen molar-refractivity contribution in [2.75, 3.05) is 24.6 Å². The first-order valence-electron chi connectivity index (χ1n) is 7.89. The monoisotopic (exact) mass is 429 g/mol. The van der Waals surface area contributed by atoms with Crippen molar-refractivity contribution in [3.63, 3.8) is 0 Å². The van der Waals surface area contributed by atoms with E-state index in [0.29, 0.717) is 5.02 Å². The number of carbonyl (C=O) groups excluding carboxylic acids is 1. The molecule has 2 rings (SSSR count). The summed E-state index contributed by atoms with van der Waals surface area (Å²) in [4.78, 5) is 17.1. The van der Waals surface area contributed by atoms with Crippen LogP contribution in [-0.4, -0.2) is 48.4 Å². The molecule has 146 valence electrons. The van der Waals surface area contributed by atoms with Gasteiger partial charge in [-0.2, -0.15) is 4.37 Å². The van der Waals surface area contributed by atoms with E-state index >= 15 is 0 Å². The van der Waals surface area contributed by atoms with Crippen LogP contribution >= 0.6 is 23.1 Å². The minimum Gasteiger partial charge on any atom is -0.348 e. The van der Waals surface area contributed by atoms with Gasteiger partial charge in [-0.1, -0.05) is 35.9 Å². The number of nitrogens with two attached hydrogens (primary N) is 1. The number of amides is 1. The predicted octanol–water partition coefficient (Wildman–Crippen LogP) is 1.74. The summed E-state index contributed by atoms with van der Waals surface area (Å²) in [5, 5.41) is 0.657. The molecule has 1 heterocycles. The highest BCUT2D eigenvalue weighted by atomic mass is 35.5.